The number of hydrogen-bond acceptors (Lipinski definition) is 3. The third-order valence-corrected chi connectivity index (χ3v) is 6.17. The molecule has 1 atom stereocenters. The molecule has 6 heteroatoms. The van der Waals surface area contributed by atoms with E-state index in [0.717, 1.165) is 16.7 Å². The third-order valence-electron chi connectivity index (χ3n) is 4.68. The smallest absolute Gasteiger partial charge is 0.242 e. The van der Waals surface area contributed by atoms with Crippen molar-refractivity contribution in [2.75, 3.05) is 5.32 Å². The molecule has 0 radical (unpaired) electrons. The molecule has 1 amide bonds. The quantitative estimate of drug-likeness (QED) is 0.624. The first kappa shape index (κ1) is 20.8. The van der Waals surface area contributed by atoms with Crippen LogP contribution in [0.25, 0.3) is 0 Å². The van der Waals surface area contributed by atoms with Gasteiger partial charge in [-0.1, -0.05) is 66.7 Å². The summed E-state index contributed by atoms with van der Waals surface area (Å²) in [6.45, 7) is 3.81. The monoisotopic (exact) mass is 408 g/mol. The predicted octanol–water partition coefficient (Wildman–Crippen LogP) is 3.83. The van der Waals surface area contributed by atoms with Gasteiger partial charge in [0.2, 0.25) is 15.9 Å². The SMILES string of the molecule is Cc1cccc(C)c1NC(=O)[C@@H](Cc1ccccc1)NS(=O)(=O)c1ccccc1. The Bertz CT molecular complexity index is 1060. The first-order valence-electron chi connectivity index (χ1n) is 9.35. The molecule has 0 spiro atoms. The molecule has 0 aliphatic heterocycles. The van der Waals surface area contributed by atoms with Crippen LogP contribution in [0, 0.1) is 13.8 Å². The lowest BCUT2D eigenvalue weighted by molar-refractivity contribution is -0.117. The first-order chi connectivity index (χ1) is 13.9. The number of carbonyl (C=O) groups is 1. The summed E-state index contributed by atoms with van der Waals surface area (Å²) < 4.78 is 28.2. The van der Waals surface area contributed by atoms with Crippen LogP contribution < -0.4 is 10.0 Å². The Morgan fingerprint density at radius 2 is 1.38 bits per heavy atom. The van der Waals surface area contributed by atoms with E-state index in [1.807, 2.05) is 62.4 Å². The van der Waals surface area contributed by atoms with Crippen molar-refractivity contribution >= 4 is 21.6 Å². The highest BCUT2D eigenvalue weighted by Crippen LogP contribution is 2.20. The number of sulfonamides is 1. The summed E-state index contributed by atoms with van der Waals surface area (Å²) in [6.07, 6.45) is 0.240. The molecule has 0 unspecified atom stereocenters. The van der Waals surface area contributed by atoms with Crippen LogP contribution in [0.3, 0.4) is 0 Å². The fourth-order valence-electron chi connectivity index (χ4n) is 3.11. The summed E-state index contributed by atoms with van der Waals surface area (Å²) in [7, 11) is -3.85. The van der Waals surface area contributed by atoms with Gasteiger partial charge in [0.25, 0.3) is 0 Å². The number of carbonyl (C=O) groups excluding carboxylic acids is 1. The van der Waals surface area contributed by atoms with Gasteiger partial charge in [0.1, 0.15) is 6.04 Å². The minimum absolute atomic E-state index is 0.123. The van der Waals surface area contributed by atoms with Crippen molar-refractivity contribution < 1.29 is 13.2 Å². The van der Waals surface area contributed by atoms with E-state index in [4.69, 9.17) is 0 Å². The van der Waals surface area contributed by atoms with Crippen LogP contribution in [0.2, 0.25) is 0 Å². The second-order valence-electron chi connectivity index (χ2n) is 6.93. The number of aryl methyl sites for hydroxylation is 2. The number of hydrogen-bond donors (Lipinski definition) is 2. The van der Waals surface area contributed by atoms with Gasteiger partial charge in [-0.15, -0.1) is 0 Å². The third kappa shape index (κ3) is 5.31. The topological polar surface area (TPSA) is 75.3 Å². The number of para-hydroxylation sites is 1. The Morgan fingerprint density at radius 1 is 0.828 bits per heavy atom. The molecule has 150 valence electrons. The van der Waals surface area contributed by atoms with E-state index in [9.17, 15) is 13.2 Å². The molecule has 3 aromatic carbocycles. The molecule has 0 bridgehead atoms. The molecule has 0 heterocycles. The minimum atomic E-state index is -3.85. The number of amides is 1. The molecule has 5 nitrogen and oxygen atoms in total. The standard InChI is InChI=1S/C23H24N2O3S/c1-17-10-9-11-18(2)22(17)24-23(26)21(16-19-12-5-3-6-13-19)25-29(27,28)20-14-7-4-8-15-20/h3-15,21,25H,16H2,1-2H3,(H,24,26)/t21-/m1/s1. The summed E-state index contributed by atoms with van der Waals surface area (Å²) >= 11 is 0. The summed E-state index contributed by atoms with van der Waals surface area (Å²) in [5, 5.41) is 2.91. The van der Waals surface area contributed by atoms with E-state index in [2.05, 4.69) is 10.0 Å². The molecule has 0 aliphatic carbocycles. The van der Waals surface area contributed by atoms with Gasteiger partial charge in [0, 0.05) is 5.69 Å². The highest BCUT2D eigenvalue weighted by Gasteiger charge is 2.26. The zero-order valence-electron chi connectivity index (χ0n) is 16.4. The summed E-state index contributed by atoms with van der Waals surface area (Å²) in [5.74, 6) is -0.397. The molecule has 0 saturated heterocycles. The van der Waals surface area contributed by atoms with Crippen LogP contribution in [-0.4, -0.2) is 20.4 Å². The first-order valence-corrected chi connectivity index (χ1v) is 10.8. The molecule has 0 aliphatic rings. The van der Waals surface area contributed by atoms with E-state index in [-0.39, 0.29) is 11.3 Å². The number of benzene rings is 3. The van der Waals surface area contributed by atoms with E-state index >= 15 is 0 Å². The Balaban J connectivity index is 1.89. The van der Waals surface area contributed by atoms with Crippen LogP contribution in [0.4, 0.5) is 5.69 Å². The normalized spacial score (nSPS) is 12.3. The van der Waals surface area contributed by atoms with Crippen LogP contribution in [0.15, 0.2) is 83.8 Å². The second-order valence-corrected chi connectivity index (χ2v) is 8.65. The maximum atomic E-state index is 13.1. The van der Waals surface area contributed by atoms with Crippen molar-refractivity contribution in [1.82, 2.24) is 4.72 Å². The molecule has 29 heavy (non-hydrogen) atoms. The van der Waals surface area contributed by atoms with E-state index < -0.39 is 22.0 Å². The lowest BCUT2D eigenvalue weighted by Crippen LogP contribution is -2.45. The predicted molar refractivity (Wildman–Crippen MR) is 115 cm³/mol. The summed E-state index contributed by atoms with van der Waals surface area (Å²) in [5.41, 5.74) is 3.41. The van der Waals surface area contributed by atoms with Gasteiger partial charge in [0.15, 0.2) is 0 Å². The maximum absolute atomic E-state index is 13.1. The lowest BCUT2D eigenvalue weighted by atomic mass is 10.0. The van der Waals surface area contributed by atoms with Gasteiger partial charge in [-0.2, -0.15) is 4.72 Å². The second kappa shape index (κ2) is 9.03. The van der Waals surface area contributed by atoms with Crippen LogP contribution >= 0.6 is 0 Å². The van der Waals surface area contributed by atoms with Crippen molar-refractivity contribution in [3.05, 3.63) is 95.6 Å². The highest BCUT2D eigenvalue weighted by atomic mass is 32.2. The molecule has 3 rings (SSSR count). The number of anilines is 1. The largest absolute Gasteiger partial charge is 0.324 e. The van der Waals surface area contributed by atoms with E-state index in [1.54, 1.807) is 18.2 Å². The van der Waals surface area contributed by atoms with Crippen molar-refractivity contribution in [1.29, 1.82) is 0 Å². The van der Waals surface area contributed by atoms with Gasteiger partial charge in [0.05, 0.1) is 4.90 Å². The van der Waals surface area contributed by atoms with Crippen molar-refractivity contribution in [2.24, 2.45) is 0 Å². The maximum Gasteiger partial charge on any atom is 0.242 e. The van der Waals surface area contributed by atoms with Gasteiger partial charge < -0.3 is 5.32 Å². The Hall–Kier alpha value is -2.96. The van der Waals surface area contributed by atoms with E-state index in [1.165, 1.54) is 12.1 Å². The fourth-order valence-corrected chi connectivity index (χ4v) is 4.33. The Morgan fingerprint density at radius 3 is 1.97 bits per heavy atom. The zero-order valence-corrected chi connectivity index (χ0v) is 17.2. The minimum Gasteiger partial charge on any atom is -0.324 e. The Labute approximate surface area is 171 Å². The van der Waals surface area contributed by atoms with E-state index in [0.29, 0.717) is 5.69 Å². The molecule has 0 aromatic heterocycles. The van der Waals surface area contributed by atoms with Gasteiger partial charge in [-0.05, 0) is 49.1 Å². The molecule has 3 aromatic rings. The number of rotatable bonds is 7. The van der Waals surface area contributed by atoms with Crippen LogP contribution in [0.1, 0.15) is 16.7 Å². The zero-order chi connectivity index (χ0) is 20.9. The summed E-state index contributed by atoms with van der Waals surface area (Å²) in [6, 6.07) is 22.2. The molecule has 0 saturated carbocycles. The van der Waals surface area contributed by atoms with Crippen LogP contribution in [0.5, 0.6) is 0 Å². The van der Waals surface area contributed by atoms with Gasteiger partial charge in [-0.25, -0.2) is 8.42 Å². The molecular formula is C23H24N2O3S. The van der Waals surface area contributed by atoms with Crippen molar-refractivity contribution in [3.63, 3.8) is 0 Å². The van der Waals surface area contributed by atoms with Gasteiger partial charge in [-0.3, -0.25) is 4.79 Å². The average Bonchev–Trinajstić information content (AvgIpc) is 2.71. The highest BCUT2D eigenvalue weighted by molar-refractivity contribution is 7.89. The summed E-state index contributed by atoms with van der Waals surface area (Å²) in [4.78, 5) is 13.2. The lowest BCUT2D eigenvalue weighted by Gasteiger charge is -2.20. The molecule has 0 fully saturated rings. The molecular weight excluding hydrogens is 384 g/mol. The average molecular weight is 409 g/mol. The molecule has 2 N–H and O–H groups in total. The van der Waals surface area contributed by atoms with Crippen molar-refractivity contribution in [3.8, 4) is 0 Å². The van der Waals surface area contributed by atoms with Gasteiger partial charge >= 0.3 is 0 Å². The Kier molecular flexibility index (Phi) is 6.46. The fraction of sp³-hybridized carbons (Fsp3) is 0.174. The van der Waals surface area contributed by atoms with Crippen molar-refractivity contribution in [2.45, 2.75) is 31.2 Å². The van der Waals surface area contributed by atoms with Crippen LogP contribution in [-0.2, 0) is 21.2 Å². The number of nitrogens with one attached hydrogen (secondary N) is 2.